The third-order valence-electron chi connectivity index (χ3n) is 6.60. The molecule has 2 saturated heterocycles. The van der Waals surface area contributed by atoms with Crippen LogP contribution in [0, 0.1) is 0 Å². The van der Waals surface area contributed by atoms with Gasteiger partial charge in [-0.2, -0.15) is 5.10 Å². The topological polar surface area (TPSA) is 74.3 Å². The Balaban J connectivity index is 1.40. The molecule has 1 unspecified atom stereocenters. The summed E-state index contributed by atoms with van der Waals surface area (Å²) in [6.45, 7) is 3.00. The van der Waals surface area contributed by atoms with Gasteiger partial charge in [-0.3, -0.25) is 19.8 Å². The monoisotopic (exact) mass is 405 g/mol. The number of benzene rings is 1. The number of fused-ring (bicyclic) bond motifs is 1. The summed E-state index contributed by atoms with van der Waals surface area (Å²) in [6, 6.07) is 11.8. The number of nitrogens with one attached hydrogen (secondary N) is 1. The van der Waals surface area contributed by atoms with E-state index in [1.165, 1.54) is 0 Å². The SMILES string of the molecule is COc1ccc2n[nH]c(CN3CCCC34CCCN(Cc3ccccn3)C4=O)c2c1. The normalized spacial score (nSPS) is 22.3. The van der Waals surface area contributed by atoms with Gasteiger partial charge in [0, 0.05) is 24.7 Å². The molecule has 1 atom stereocenters. The lowest BCUT2D eigenvalue weighted by Crippen LogP contribution is -2.59. The molecule has 1 aromatic carbocycles. The van der Waals surface area contributed by atoms with Crippen LogP contribution in [0.5, 0.6) is 5.75 Å². The highest BCUT2D eigenvalue weighted by molar-refractivity contribution is 5.88. The molecular formula is C23H27N5O2. The van der Waals surface area contributed by atoms with Crippen LogP contribution in [0.1, 0.15) is 37.1 Å². The third kappa shape index (κ3) is 3.23. The van der Waals surface area contributed by atoms with E-state index in [-0.39, 0.29) is 5.91 Å². The molecule has 7 heteroatoms. The smallest absolute Gasteiger partial charge is 0.243 e. The van der Waals surface area contributed by atoms with Gasteiger partial charge in [-0.15, -0.1) is 0 Å². The molecule has 0 bridgehead atoms. The maximum absolute atomic E-state index is 13.7. The number of carbonyl (C=O) groups is 1. The van der Waals surface area contributed by atoms with Crippen molar-refractivity contribution in [2.24, 2.45) is 0 Å². The summed E-state index contributed by atoms with van der Waals surface area (Å²) in [5.74, 6) is 1.06. The number of likely N-dealkylation sites (tertiary alicyclic amines) is 2. The Bertz CT molecular complexity index is 1050. The standard InChI is InChI=1S/C23H27N5O2/c1-30-18-7-8-20-19(14-18)21(26-25-20)16-28-13-5-10-23(28)9-4-12-27(22(23)29)15-17-6-2-3-11-24-17/h2-3,6-8,11,14H,4-5,9-10,12-13,15-16H2,1H3,(H,25,26). The minimum atomic E-state index is -0.413. The Kier molecular flexibility index (Phi) is 4.90. The van der Waals surface area contributed by atoms with E-state index in [4.69, 9.17) is 4.74 Å². The quantitative estimate of drug-likeness (QED) is 0.706. The molecule has 1 amide bonds. The first kappa shape index (κ1) is 19.1. The molecule has 2 aliphatic rings. The molecule has 0 radical (unpaired) electrons. The van der Waals surface area contributed by atoms with E-state index in [0.29, 0.717) is 13.1 Å². The summed E-state index contributed by atoms with van der Waals surface area (Å²) in [4.78, 5) is 22.5. The van der Waals surface area contributed by atoms with Crippen LogP contribution in [0.3, 0.4) is 0 Å². The molecule has 1 N–H and O–H groups in total. The van der Waals surface area contributed by atoms with Crippen molar-refractivity contribution in [2.45, 2.75) is 44.3 Å². The third-order valence-corrected chi connectivity index (χ3v) is 6.60. The number of pyridine rings is 1. The number of hydrogen-bond donors (Lipinski definition) is 1. The summed E-state index contributed by atoms with van der Waals surface area (Å²) in [6.07, 6.45) is 5.68. The number of piperidine rings is 1. The van der Waals surface area contributed by atoms with Gasteiger partial charge in [0.05, 0.1) is 30.6 Å². The maximum Gasteiger partial charge on any atom is 0.243 e. The second kappa shape index (κ2) is 7.72. The van der Waals surface area contributed by atoms with Crippen LogP contribution in [-0.4, -0.2) is 56.6 Å². The lowest BCUT2D eigenvalue weighted by atomic mass is 9.85. The van der Waals surface area contributed by atoms with Crippen LogP contribution in [0.15, 0.2) is 42.6 Å². The average molecular weight is 406 g/mol. The zero-order valence-corrected chi connectivity index (χ0v) is 17.3. The number of nitrogens with zero attached hydrogens (tertiary/aromatic N) is 4. The van der Waals surface area contributed by atoms with E-state index in [0.717, 1.165) is 66.8 Å². The first-order valence-electron chi connectivity index (χ1n) is 10.6. The molecule has 2 aliphatic heterocycles. The molecule has 30 heavy (non-hydrogen) atoms. The second-order valence-electron chi connectivity index (χ2n) is 8.29. The molecule has 2 aromatic heterocycles. The lowest BCUT2D eigenvalue weighted by Gasteiger charge is -2.44. The summed E-state index contributed by atoms with van der Waals surface area (Å²) >= 11 is 0. The average Bonchev–Trinajstić information content (AvgIpc) is 3.37. The minimum absolute atomic E-state index is 0.248. The van der Waals surface area contributed by atoms with Crippen molar-refractivity contribution in [3.8, 4) is 5.75 Å². The second-order valence-corrected chi connectivity index (χ2v) is 8.29. The van der Waals surface area contributed by atoms with Crippen LogP contribution in [-0.2, 0) is 17.9 Å². The molecule has 0 saturated carbocycles. The molecule has 5 rings (SSSR count). The van der Waals surface area contributed by atoms with Gasteiger partial charge in [0.15, 0.2) is 0 Å². The van der Waals surface area contributed by atoms with Crippen molar-refractivity contribution in [2.75, 3.05) is 20.2 Å². The predicted molar refractivity (Wildman–Crippen MR) is 114 cm³/mol. The van der Waals surface area contributed by atoms with Gasteiger partial charge in [0.1, 0.15) is 11.3 Å². The molecule has 3 aromatic rings. The molecule has 7 nitrogen and oxygen atoms in total. The van der Waals surface area contributed by atoms with Gasteiger partial charge in [-0.25, -0.2) is 0 Å². The van der Waals surface area contributed by atoms with E-state index in [9.17, 15) is 4.79 Å². The van der Waals surface area contributed by atoms with Gasteiger partial charge in [-0.05, 0) is 62.6 Å². The Labute approximate surface area is 176 Å². The van der Waals surface area contributed by atoms with Gasteiger partial charge in [0.25, 0.3) is 0 Å². The van der Waals surface area contributed by atoms with E-state index >= 15 is 0 Å². The molecule has 4 heterocycles. The van der Waals surface area contributed by atoms with E-state index in [1.54, 1.807) is 13.3 Å². The van der Waals surface area contributed by atoms with Crippen LogP contribution < -0.4 is 4.74 Å². The largest absolute Gasteiger partial charge is 0.497 e. The fraction of sp³-hybridized carbons (Fsp3) is 0.435. The summed E-state index contributed by atoms with van der Waals surface area (Å²) < 4.78 is 5.39. The number of ether oxygens (including phenoxy) is 1. The number of aromatic nitrogens is 3. The number of rotatable bonds is 5. The highest BCUT2D eigenvalue weighted by atomic mass is 16.5. The molecule has 1 spiro atoms. The van der Waals surface area contributed by atoms with Gasteiger partial charge >= 0.3 is 0 Å². The van der Waals surface area contributed by atoms with Crippen molar-refractivity contribution < 1.29 is 9.53 Å². The number of amides is 1. The number of H-pyrrole nitrogens is 1. The Hall–Kier alpha value is -2.93. The van der Waals surface area contributed by atoms with Gasteiger partial charge in [-0.1, -0.05) is 6.07 Å². The van der Waals surface area contributed by atoms with Crippen LogP contribution in [0.4, 0.5) is 0 Å². The summed E-state index contributed by atoms with van der Waals surface area (Å²) in [7, 11) is 1.67. The zero-order valence-electron chi connectivity index (χ0n) is 17.3. The first-order chi connectivity index (χ1) is 14.7. The Morgan fingerprint density at radius 2 is 2.00 bits per heavy atom. The number of methoxy groups -OCH3 is 1. The highest BCUT2D eigenvalue weighted by Gasteiger charge is 2.50. The molecule has 2 fully saturated rings. The highest BCUT2D eigenvalue weighted by Crippen LogP contribution is 2.40. The van der Waals surface area contributed by atoms with Crippen LogP contribution in [0.25, 0.3) is 10.9 Å². The number of carbonyl (C=O) groups excluding carboxylic acids is 1. The summed E-state index contributed by atoms with van der Waals surface area (Å²) in [5, 5.41) is 8.71. The minimum Gasteiger partial charge on any atom is -0.497 e. The fourth-order valence-corrected chi connectivity index (χ4v) is 5.07. The lowest BCUT2D eigenvalue weighted by molar-refractivity contribution is -0.148. The number of aromatic amines is 1. The fourth-order valence-electron chi connectivity index (χ4n) is 5.07. The summed E-state index contributed by atoms with van der Waals surface area (Å²) in [5.41, 5.74) is 2.49. The van der Waals surface area contributed by atoms with Gasteiger partial charge in [0.2, 0.25) is 5.91 Å². The van der Waals surface area contributed by atoms with Crippen molar-refractivity contribution in [1.82, 2.24) is 25.0 Å². The molecule has 156 valence electrons. The Morgan fingerprint density at radius 1 is 1.13 bits per heavy atom. The van der Waals surface area contributed by atoms with E-state index in [1.807, 2.05) is 41.3 Å². The zero-order chi connectivity index (χ0) is 20.6. The van der Waals surface area contributed by atoms with Crippen LogP contribution in [0.2, 0.25) is 0 Å². The van der Waals surface area contributed by atoms with Crippen molar-refractivity contribution in [3.63, 3.8) is 0 Å². The van der Waals surface area contributed by atoms with E-state index < -0.39 is 5.54 Å². The molecule has 0 aliphatic carbocycles. The number of hydrogen-bond acceptors (Lipinski definition) is 5. The Morgan fingerprint density at radius 3 is 2.80 bits per heavy atom. The van der Waals surface area contributed by atoms with E-state index in [2.05, 4.69) is 20.1 Å². The van der Waals surface area contributed by atoms with Crippen molar-refractivity contribution >= 4 is 16.8 Å². The van der Waals surface area contributed by atoms with Crippen molar-refractivity contribution in [3.05, 3.63) is 54.0 Å². The van der Waals surface area contributed by atoms with Gasteiger partial charge < -0.3 is 9.64 Å². The van der Waals surface area contributed by atoms with Crippen molar-refractivity contribution in [1.29, 1.82) is 0 Å². The molecular weight excluding hydrogens is 378 g/mol. The first-order valence-corrected chi connectivity index (χ1v) is 10.6. The predicted octanol–water partition coefficient (Wildman–Crippen LogP) is 3.12. The van der Waals surface area contributed by atoms with Crippen LogP contribution >= 0.6 is 0 Å². The maximum atomic E-state index is 13.7.